The molecule has 1 N–H and O–H groups in total. The predicted molar refractivity (Wildman–Crippen MR) is 113 cm³/mol. The minimum Gasteiger partial charge on any atom is -0.484 e. The highest BCUT2D eigenvalue weighted by Gasteiger charge is 2.14. The van der Waals surface area contributed by atoms with Crippen molar-refractivity contribution in [3.8, 4) is 5.75 Å². The highest BCUT2D eigenvalue weighted by molar-refractivity contribution is 9.10. The maximum Gasteiger partial charge on any atom is 0.286 e. The van der Waals surface area contributed by atoms with E-state index in [0.29, 0.717) is 25.3 Å². The Morgan fingerprint density at radius 2 is 2.20 bits per heavy atom. The molecule has 0 spiro atoms. The summed E-state index contributed by atoms with van der Waals surface area (Å²) in [5.41, 5.74) is 0.780. The Labute approximate surface area is 185 Å². The maximum absolute atomic E-state index is 12.2. The van der Waals surface area contributed by atoms with Crippen LogP contribution in [0.25, 0.3) is 0 Å². The fraction of sp³-hybridized carbons (Fsp3) is 0.263. The van der Waals surface area contributed by atoms with Crippen LogP contribution in [0.4, 0.5) is 5.69 Å². The predicted octanol–water partition coefficient (Wildman–Crippen LogP) is 4.51. The summed E-state index contributed by atoms with van der Waals surface area (Å²) in [5.74, 6) is 0.359. The van der Waals surface area contributed by atoms with E-state index < -0.39 is 4.92 Å². The van der Waals surface area contributed by atoms with Gasteiger partial charge in [-0.2, -0.15) is 5.10 Å². The molecular formula is C19H18BrClN4O5. The summed E-state index contributed by atoms with van der Waals surface area (Å²) in [7, 11) is 0. The average molecular weight is 498 g/mol. The number of ether oxygens (including phenoxy) is 1. The van der Waals surface area contributed by atoms with Gasteiger partial charge in [0.25, 0.3) is 11.6 Å². The molecule has 0 radical (unpaired) electrons. The lowest BCUT2D eigenvalue weighted by Gasteiger charge is -2.06. The molecule has 3 aromatic rings. The molecule has 0 atom stereocenters. The lowest BCUT2D eigenvalue weighted by molar-refractivity contribution is -0.384. The molecule has 0 fully saturated rings. The van der Waals surface area contributed by atoms with Crippen molar-refractivity contribution in [1.82, 2.24) is 15.1 Å². The van der Waals surface area contributed by atoms with Crippen LogP contribution in [0.1, 0.15) is 28.4 Å². The van der Waals surface area contributed by atoms with Crippen molar-refractivity contribution in [2.75, 3.05) is 6.54 Å². The molecule has 9 nitrogen and oxygen atoms in total. The molecule has 0 unspecified atom stereocenters. The van der Waals surface area contributed by atoms with Gasteiger partial charge in [0.05, 0.1) is 26.2 Å². The summed E-state index contributed by atoms with van der Waals surface area (Å²) in [5, 5.41) is 18.2. The number of carbonyl (C=O) groups is 1. The van der Waals surface area contributed by atoms with Crippen molar-refractivity contribution < 1.29 is 18.9 Å². The van der Waals surface area contributed by atoms with E-state index in [-0.39, 0.29) is 34.7 Å². The quantitative estimate of drug-likeness (QED) is 0.264. The maximum atomic E-state index is 12.2. The molecule has 1 aromatic carbocycles. The number of amides is 1. The number of halogens is 2. The third-order valence-corrected chi connectivity index (χ3v) is 5.21. The minimum absolute atomic E-state index is 0.0261. The third kappa shape index (κ3) is 5.61. The summed E-state index contributed by atoms with van der Waals surface area (Å²) in [4.78, 5) is 22.5. The van der Waals surface area contributed by atoms with Gasteiger partial charge in [-0.1, -0.05) is 11.6 Å². The van der Waals surface area contributed by atoms with E-state index in [0.717, 1.165) is 10.2 Å². The normalized spacial score (nSPS) is 10.8. The lowest BCUT2D eigenvalue weighted by Crippen LogP contribution is -2.24. The second-order valence-corrected chi connectivity index (χ2v) is 7.62. The summed E-state index contributed by atoms with van der Waals surface area (Å²) in [6, 6.07) is 7.05. The first-order valence-corrected chi connectivity index (χ1v) is 10.1. The SMILES string of the molecule is Cc1nn(CCCNC(=O)c2ccc(COc3cc([N+](=O)[O-])ccc3Cl)o2)cc1Br. The van der Waals surface area contributed by atoms with Gasteiger partial charge < -0.3 is 14.5 Å². The number of aromatic nitrogens is 2. The minimum atomic E-state index is -0.537. The molecule has 30 heavy (non-hydrogen) atoms. The fourth-order valence-electron chi connectivity index (χ4n) is 2.58. The van der Waals surface area contributed by atoms with Gasteiger partial charge in [0.15, 0.2) is 5.76 Å². The van der Waals surface area contributed by atoms with Gasteiger partial charge in [0.2, 0.25) is 0 Å². The Morgan fingerprint density at radius 3 is 2.90 bits per heavy atom. The van der Waals surface area contributed by atoms with Crippen LogP contribution in [0.2, 0.25) is 5.02 Å². The number of carbonyl (C=O) groups excluding carboxylic acids is 1. The highest BCUT2D eigenvalue weighted by atomic mass is 79.9. The van der Waals surface area contributed by atoms with E-state index in [9.17, 15) is 14.9 Å². The van der Waals surface area contributed by atoms with Gasteiger partial charge in [-0.05, 0) is 47.5 Å². The second-order valence-electron chi connectivity index (χ2n) is 6.36. The average Bonchev–Trinajstić information content (AvgIpc) is 3.31. The standard InChI is InChI=1S/C19H18BrClN4O5/c1-12-15(20)10-24(23-12)8-2-7-22-19(26)17-6-4-14(30-17)11-29-18-9-13(25(27)28)3-5-16(18)21/h3-6,9-10H,2,7-8,11H2,1H3,(H,22,26). The molecular weight excluding hydrogens is 480 g/mol. The molecule has 0 aliphatic carbocycles. The Hall–Kier alpha value is -2.85. The molecule has 0 aliphatic rings. The molecule has 0 saturated carbocycles. The van der Waals surface area contributed by atoms with Crippen molar-refractivity contribution in [2.45, 2.75) is 26.5 Å². The monoisotopic (exact) mass is 496 g/mol. The Bertz CT molecular complexity index is 1050. The van der Waals surface area contributed by atoms with E-state index >= 15 is 0 Å². The first kappa shape index (κ1) is 21.8. The molecule has 2 heterocycles. The molecule has 0 bridgehead atoms. The third-order valence-electron chi connectivity index (χ3n) is 4.12. The molecule has 158 valence electrons. The zero-order chi connectivity index (χ0) is 21.7. The number of hydrogen-bond acceptors (Lipinski definition) is 6. The molecule has 1 amide bonds. The topological polar surface area (TPSA) is 112 Å². The van der Waals surface area contributed by atoms with Crippen LogP contribution < -0.4 is 10.1 Å². The summed E-state index contributed by atoms with van der Waals surface area (Å²) in [6.07, 6.45) is 2.60. The van der Waals surface area contributed by atoms with Crippen LogP contribution >= 0.6 is 27.5 Å². The van der Waals surface area contributed by atoms with Crippen LogP contribution in [0, 0.1) is 17.0 Å². The number of nitro benzene ring substituents is 1. The first-order valence-electron chi connectivity index (χ1n) is 8.96. The number of hydrogen-bond donors (Lipinski definition) is 1. The van der Waals surface area contributed by atoms with E-state index in [1.165, 1.54) is 24.3 Å². The number of nitro groups is 1. The number of nitrogens with one attached hydrogen (secondary N) is 1. The molecule has 0 aliphatic heterocycles. The van der Waals surface area contributed by atoms with Crippen molar-refractivity contribution in [1.29, 1.82) is 0 Å². The molecule has 11 heteroatoms. The van der Waals surface area contributed by atoms with E-state index in [1.807, 2.05) is 17.8 Å². The van der Waals surface area contributed by atoms with Crippen LogP contribution in [-0.4, -0.2) is 27.2 Å². The van der Waals surface area contributed by atoms with Gasteiger partial charge >= 0.3 is 0 Å². The van der Waals surface area contributed by atoms with Crippen molar-refractivity contribution in [3.63, 3.8) is 0 Å². The van der Waals surface area contributed by atoms with E-state index in [2.05, 4.69) is 26.3 Å². The van der Waals surface area contributed by atoms with Crippen molar-refractivity contribution in [2.24, 2.45) is 0 Å². The number of rotatable bonds is 9. The van der Waals surface area contributed by atoms with Crippen LogP contribution in [-0.2, 0) is 13.2 Å². The van der Waals surface area contributed by atoms with Crippen LogP contribution in [0.3, 0.4) is 0 Å². The second kappa shape index (κ2) is 9.77. The van der Waals surface area contributed by atoms with E-state index in [1.54, 1.807) is 6.07 Å². The van der Waals surface area contributed by atoms with Crippen LogP contribution in [0.15, 0.2) is 45.4 Å². The van der Waals surface area contributed by atoms with Gasteiger partial charge in [-0.15, -0.1) is 0 Å². The fourth-order valence-corrected chi connectivity index (χ4v) is 3.07. The molecule has 0 saturated heterocycles. The van der Waals surface area contributed by atoms with Crippen LogP contribution in [0.5, 0.6) is 5.75 Å². The Kier molecular flexibility index (Phi) is 7.11. The highest BCUT2D eigenvalue weighted by Crippen LogP contribution is 2.29. The first-order chi connectivity index (χ1) is 14.3. The number of furan rings is 1. The van der Waals surface area contributed by atoms with Gasteiger partial charge in [-0.3, -0.25) is 19.6 Å². The summed E-state index contributed by atoms with van der Waals surface area (Å²) in [6.45, 7) is 3.02. The zero-order valence-electron chi connectivity index (χ0n) is 15.9. The molecule has 2 aromatic heterocycles. The van der Waals surface area contributed by atoms with Crippen molar-refractivity contribution >= 4 is 39.1 Å². The van der Waals surface area contributed by atoms with Gasteiger partial charge in [-0.25, -0.2) is 0 Å². The molecule has 3 rings (SSSR count). The Morgan fingerprint density at radius 1 is 1.40 bits per heavy atom. The largest absolute Gasteiger partial charge is 0.484 e. The number of nitrogens with zero attached hydrogens (tertiary/aromatic N) is 3. The number of benzene rings is 1. The van der Waals surface area contributed by atoms with Gasteiger partial charge in [0.1, 0.15) is 18.1 Å². The van der Waals surface area contributed by atoms with Crippen molar-refractivity contribution in [3.05, 3.63) is 73.4 Å². The lowest BCUT2D eigenvalue weighted by atomic mass is 10.3. The number of aryl methyl sites for hydroxylation is 2. The summed E-state index contributed by atoms with van der Waals surface area (Å²) >= 11 is 9.41. The Balaban J connectivity index is 1.47. The number of non-ortho nitro benzene ring substituents is 1. The zero-order valence-corrected chi connectivity index (χ0v) is 18.3. The smallest absolute Gasteiger partial charge is 0.286 e. The summed E-state index contributed by atoms with van der Waals surface area (Å²) < 4.78 is 13.7. The van der Waals surface area contributed by atoms with E-state index in [4.69, 9.17) is 20.8 Å². The van der Waals surface area contributed by atoms with Gasteiger partial charge in [0, 0.05) is 25.4 Å².